The number of carboxylic acid groups (broad SMARTS) is 1. The molecule has 0 fully saturated rings. The lowest BCUT2D eigenvalue weighted by atomic mass is 11.5. The van der Waals surface area contributed by atoms with E-state index in [4.69, 9.17) is 9.32 Å². The number of hydrogen-bond donors (Lipinski definition) is 2. The Bertz CT molecular complexity index is 67.9. The van der Waals surface area contributed by atoms with Gasteiger partial charge in [0.1, 0.15) is 0 Å². The predicted molar refractivity (Wildman–Crippen MR) is 18.6 cm³/mol. The molecule has 0 spiro atoms. The van der Waals surface area contributed by atoms with Gasteiger partial charge in [0, 0.05) is 0 Å². The first-order valence-corrected chi connectivity index (χ1v) is 1.73. The zero-order valence-electron chi connectivity index (χ0n) is 2.62. The van der Waals surface area contributed by atoms with Crippen molar-refractivity contribution >= 4 is 18.1 Å². The van der Waals surface area contributed by atoms with Crippen LogP contribution in [0.3, 0.4) is 0 Å². The van der Waals surface area contributed by atoms with Gasteiger partial charge in [-0.25, -0.2) is 9.00 Å². The zero-order chi connectivity index (χ0) is 4.99. The van der Waals surface area contributed by atoms with E-state index in [9.17, 15) is 4.79 Å². The van der Waals surface area contributed by atoms with E-state index in [2.05, 4.69) is 4.18 Å². The van der Waals surface area contributed by atoms with E-state index in [0.717, 1.165) is 0 Å². The molecule has 0 rings (SSSR count). The van der Waals surface area contributed by atoms with Gasteiger partial charge in [0.2, 0.25) is 0 Å². The third-order valence-corrected chi connectivity index (χ3v) is 0.346. The minimum Gasteiger partial charge on any atom is -0.449 e. The Morgan fingerprint density at radius 1 is 1.83 bits per heavy atom. The van der Waals surface area contributed by atoms with Gasteiger partial charge in [-0.05, 0) is 0 Å². The van der Waals surface area contributed by atoms with Crippen LogP contribution in [-0.2, 0) is 16.1 Å². The van der Waals surface area contributed by atoms with Crippen LogP contribution in [0.1, 0.15) is 0 Å². The van der Waals surface area contributed by atoms with Crippen molar-refractivity contribution in [3.05, 3.63) is 0 Å². The highest BCUT2D eigenvalue weighted by atomic mass is 32.2. The molecule has 0 atom stereocenters. The monoisotopic (exact) mass is 110 g/mol. The molecule has 6 heavy (non-hydrogen) atoms. The van der Waals surface area contributed by atoms with Gasteiger partial charge in [-0.1, -0.05) is 0 Å². The van der Waals surface area contributed by atoms with Gasteiger partial charge in [0.25, 0.3) is 0 Å². The lowest BCUT2D eigenvalue weighted by Crippen LogP contribution is -1.92. The van der Waals surface area contributed by atoms with Crippen LogP contribution < -0.4 is 0 Å². The third kappa shape index (κ3) is 3.42. The molecular formula is CH2O4S. The number of rotatable bonds is 1. The van der Waals surface area contributed by atoms with E-state index in [-0.39, 0.29) is 0 Å². The van der Waals surface area contributed by atoms with Crippen LogP contribution >= 0.6 is 0 Å². The van der Waals surface area contributed by atoms with Crippen molar-refractivity contribution in [3.8, 4) is 0 Å². The van der Waals surface area contributed by atoms with E-state index >= 15 is 0 Å². The lowest BCUT2D eigenvalue weighted by Gasteiger charge is -1.77. The highest BCUT2D eigenvalue weighted by molar-refractivity contribution is 7.60. The minimum atomic E-state index is -1.54. The molecule has 4 nitrogen and oxygen atoms in total. The Morgan fingerprint density at radius 2 is 2.33 bits per heavy atom. The fourth-order valence-electron chi connectivity index (χ4n) is 0.0319. The molecule has 0 amide bonds. The molecule has 0 bridgehead atoms. The summed E-state index contributed by atoms with van der Waals surface area (Å²) < 4.78 is 12.5. The summed E-state index contributed by atoms with van der Waals surface area (Å²) in [5, 5.41) is 7.48. The maximum atomic E-state index is 9.17. The first-order valence-electron chi connectivity index (χ1n) is 0.997. The fraction of sp³-hybridized carbons (Fsp3) is 0. The van der Waals surface area contributed by atoms with Gasteiger partial charge < -0.3 is 9.29 Å². The highest BCUT2D eigenvalue weighted by Gasteiger charge is 1.86. The molecule has 0 aliphatic heterocycles. The molecule has 0 radical (unpaired) electrons. The van der Waals surface area contributed by atoms with Crippen LogP contribution in [0.15, 0.2) is 0 Å². The molecule has 0 saturated heterocycles. The van der Waals surface area contributed by atoms with E-state index in [1.165, 1.54) is 0 Å². The van der Waals surface area contributed by atoms with Crippen LogP contribution in [-0.4, -0.2) is 15.5 Å². The summed E-state index contributed by atoms with van der Waals surface area (Å²) in [5.41, 5.74) is 0. The second kappa shape index (κ2) is 2.65. The standard InChI is InChI=1S/CH2O4S/c2-1(3)5-6-4/h6H,(H,2,3). The molecule has 0 aromatic carbocycles. The summed E-state index contributed by atoms with van der Waals surface area (Å²) in [7, 11) is 0. The van der Waals surface area contributed by atoms with Crippen molar-refractivity contribution in [1.29, 1.82) is 0 Å². The van der Waals surface area contributed by atoms with Gasteiger partial charge in [-0.15, -0.1) is 0 Å². The SMILES string of the molecule is O=[SH]OC(=O)O. The van der Waals surface area contributed by atoms with Crippen molar-refractivity contribution in [2.75, 3.05) is 0 Å². The first kappa shape index (κ1) is 5.42. The smallest absolute Gasteiger partial charge is 0.449 e. The summed E-state index contributed by atoms with van der Waals surface area (Å²) >= 11 is -0.826. The average Bonchev–Trinajstić information content (AvgIpc) is 1.35. The molecule has 0 aromatic rings. The molecule has 0 unspecified atom stereocenters. The van der Waals surface area contributed by atoms with Crippen molar-refractivity contribution < 1.29 is 18.3 Å². The van der Waals surface area contributed by atoms with E-state index in [0.29, 0.717) is 0 Å². The van der Waals surface area contributed by atoms with Crippen LogP contribution in [0.2, 0.25) is 0 Å². The Morgan fingerprint density at radius 3 is 2.33 bits per heavy atom. The number of carbonyl (C=O) groups is 1. The molecule has 0 saturated carbocycles. The maximum Gasteiger partial charge on any atom is 0.520 e. The van der Waals surface area contributed by atoms with Crippen molar-refractivity contribution in [3.63, 3.8) is 0 Å². The molecule has 0 heterocycles. The van der Waals surface area contributed by atoms with Crippen LogP contribution in [0.4, 0.5) is 4.79 Å². The van der Waals surface area contributed by atoms with Gasteiger partial charge in [-0.2, -0.15) is 0 Å². The molecular weight excluding hydrogens is 108 g/mol. The van der Waals surface area contributed by atoms with E-state index < -0.39 is 18.1 Å². The van der Waals surface area contributed by atoms with Crippen molar-refractivity contribution in [1.82, 2.24) is 0 Å². The summed E-state index contributed by atoms with van der Waals surface area (Å²) in [5.74, 6) is 0. The molecule has 5 heteroatoms. The third-order valence-electron chi connectivity index (χ3n) is 0.115. The quantitative estimate of drug-likeness (QED) is 0.448. The Labute approximate surface area is 37.4 Å². The lowest BCUT2D eigenvalue weighted by molar-refractivity contribution is 0.151. The first-order chi connectivity index (χ1) is 2.77. The van der Waals surface area contributed by atoms with Crippen molar-refractivity contribution in [2.45, 2.75) is 0 Å². The largest absolute Gasteiger partial charge is 0.520 e. The zero-order valence-corrected chi connectivity index (χ0v) is 3.51. The van der Waals surface area contributed by atoms with Crippen LogP contribution in [0.25, 0.3) is 0 Å². The Hall–Kier alpha value is -0.580. The number of hydrogen-bond acceptors (Lipinski definition) is 3. The van der Waals surface area contributed by atoms with Gasteiger partial charge in [0.05, 0.1) is 0 Å². The summed E-state index contributed by atoms with van der Waals surface area (Å²) in [6.45, 7) is 0. The fourth-order valence-corrected chi connectivity index (χ4v) is 0.0956. The van der Waals surface area contributed by atoms with Gasteiger partial charge in [-0.3, -0.25) is 0 Å². The van der Waals surface area contributed by atoms with E-state index in [1.807, 2.05) is 0 Å². The van der Waals surface area contributed by atoms with Gasteiger partial charge in [0.15, 0.2) is 11.9 Å². The maximum absolute atomic E-state index is 9.17. The second-order valence-electron chi connectivity index (χ2n) is 0.432. The summed E-state index contributed by atoms with van der Waals surface area (Å²) in [6, 6.07) is 0. The molecule has 0 aromatic heterocycles. The normalized spacial score (nSPS) is 7.33. The van der Waals surface area contributed by atoms with E-state index in [1.54, 1.807) is 0 Å². The van der Waals surface area contributed by atoms with Crippen molar-refractivity contribution in [2.24, 2.45) is 0 Å². The predicted octanol–water partition coefficient (Wildman–Crippen LogP) is -0.459. The van der Waals surface area contributed by atoms with Crippen LogP contribution in [0, 0.1) is 0 Å². The van der Waals surface area contributed by atoms with Crippen LogP contribution in [0.5, 0.6) is 0 Å². The Balaban J connectivity index is 3.05. The number of thiol groups is 1. The van der Waals surface area contributed by atoms with Gasteiger partial charge >= 0.3 is 6.16 Å². The minimum absolute atomic E-state index is 0.826. The molecule has 0 aliphatic carbocycles. The topological polar surface area (TPSA) is 63.6 Å². The second-order valence-corrected chi connectivity index (χ2v) is 0.763. The molecule has 1 N–H and O–H groups in total. The average molecular weight is 110 g/mol. The highest BCUT2D eigenvalue weighted by Crippen LogP contribution is 1.66. The Kier molecular flexibility index (Phi) is 2.39. The molecule has 36 valence electrons. The molecule has 0 aliphatic rings. The summed E-state index contributed by atoms with van der Waals surface area (Å²) in [6.07, 6.45) is -1.54. The summed E-state index contributed by atoms with van der Waals surface area (Å²) in [4.78, 5) is 9.17.